The molecular formula is C27H20Br2FNO5S. The predicted octanol–water partition coefficient (Wildman–Crippen LogP) is 7.25. The van der Waals surface area contributed by atoms with Crippen molar-refractivity contribution in [3.05, 3.63) is 97.0 Å². The minimum Gasteiger partial charge on any atom is -0.490 e. The number of rotatable bonds is 9. The fraction of sp³-hybridized carbons (Fsp3) is 0.148. The van der Waals surface area contributed by atoms with Crippen LogP contribution in [0.3, 0.4) is 0 Å². The number of ether oxygens (including phenoxy) is 2. The van der Waals surface area contributed by atoms with Crippen LogP contribution in [0.5, 0.6) is 11.5 Å². The summed E-state index contributed by atoms with van der Waals surface area (Å²) in [6, 6.07) is 16.4. The second kappa shape index (κ2) is 12.1. The van der Waals surface area contributed by atoms with Crippen LogP contribution < -0.4 is 9.47 Å². The van der Waals surface area contributed by atoms with Crippen LogP contribution in [0.2, 0.25) is 0 Å². The third-order valence-electron chi connectivity index (χ3n) is 5.30. The summed E-state index contributed by atoms with van der Waals surface area (Å²) in [5.74, 6) is -0.481. The lowest BCUT2D eigenvalue weighted by Crippen LogP contribution is -2.33. The van der Waals surface area contributed by atoms with Crippen molar-refractivity contribution in [3.8, 4) is 11.5 Å². The Kier molecular flexibility index (Phi) is 8.83. The molecule has 0 N–H and O–H groups in total. The molecule has 1 fully saturated rings. The van der Waals surface area contributed by atoms with Crippen molar-refractivity contribution >= 4 is 66.6 Å². The molecule has 1 aliphatic heterocycles. The van der Waals surface area contributed by atoms with Crippen LogP contribution in [0.1, 0.15) is 28.4 Å². The molecule has 0 atom stereocenters. The van der Waals surface area contributed by atoms with Gasteiger partial charge in [0.25, 0.3) is 11.1 Å². The number of thioether (sulfide) groups is 1. The molecule has 0 saturated carbocycles. The van der Waals surface area contributed by atoms with Gasteiger partial charge in [-0.2, -0.15) is 0 Å². The lowest BCUT2D eigenvalue weighted by Gasteiger charge is -2.15. The summed E-state index contributed by atoms with van der Waals surface area (Å²) in [5.41, 5.74) is 1.38. The van der Waals surface area contributed by atoms with Crippen molar-refractivity contribution in [1.82, 2.24) is 4.90 Å². The zero-order chi connectivity index (χ0) is 26.5. The summed E-state index contributed by atoms with van der Waals surface area (Å²) in [6.45, 7) is 1.81. The van der Waals surface area contributed by atoms with Crippen molar-refractivity contribution in [2.24, 2.45) is 0 Å². The van der Waals surface area contributed by atoms with Crippen molar-refractivity contribution in [1.29, 1.82) is 0 Å². The molecule has 10 heteroatoms. The highest BCUT2D eigenvalue weighted by atomic mass is 79.9. The number of halogens is 3. The van der Waals surface area contributed by atoms with Gasteiger partial charge in [-0.05, 0) is 76.6 Å². The van der Waals surface area contributed by atoms with E-state index in [0.29, 0.717) is 39.3 Å². The third kappa shape index (κ3) is 6.49. The van der Waals surface area contributed by atoms with Crippen LogP contribution in [0, 0.1) is 5.82 Å². The lowest BCUT2D eigenvalue weighted by atomic mass is 10.1. The van der Waals surface area contributed by atoms with E-state index >= 15 is 0 Å². The average molecular weight is 649 g/mol. The maximum absolute atomic E-state index is 14.0. The van der Waals surface area contributed by atoms with E-state index in [1.54, 1.807) is 60.7 Å². The van der Waals surface area contributed by atoms with E-state index in [4.69, 9.17) is 9.47 Å². The predicted molar refractivity (Wildman–Crippen MR) is 147 cm³/mol. The molecule has 1 aliphatic rings. The molecular weight excluding hydrogens is 629 g/mol. The first-order valence-electron chi connectivity index (χ1n) is 11.1. The Balaban J connectivity index is 1.53. The molecule has 0 spiro atoms. The van der Waals surface area contributed by atoms with Crippen molar-refractivity contribution in [3.63, 3.8) is 0 Å². The van der Waals surface area contributed by atoms with E-state index in [0.717, 1.165) is 21.1 Å². The highest BCUT2D eigenvalue weighted by Crippen LogP contribution is 2.40. The molecule has 3 aromatic rings. The average Bonchev–Trinajstić information content (AvgIpc) is 3.12. The van der Waals surface area contributed by atoms with E-state index in [-0.39, 0.29) is 29.7 Å². The Bertz CT molecular complexity index is 1390. The molecule has 0 aliphatic carbocycles. The second-order valence-electron chi connectivity index (χ2n) is 7.84. The van der Waals surface area contributed by atoms with Gasteiger partial charge in [-0.3, -0.25) is 19.3 Å². The molecule has 37 heavy (non-hydrogen) atoms. The molecule has 0 unspecified atom stereocenters. The Morgan fingerprint density at radius 3 is 2.49 bits per heavy atom. The Hall–Kier alpha value is -2.95. The van der Waals surface area contributed by atoms with E-state index in [9.17, 15) is 18.8 Å². The summed E-state index contributed by atoms with van der Waals surface area (Å²) in [5, 5.41) is -0.518. The fourth-order valence-electron chi connectivity index (χ4n) is 3.50. The van der Waals surface area contributed by atoms with Crippen molar-refractivity contribution in [2.45, 2.75) is 13.5 Å². The zero-order valence-electron chi connectivity index (χ0n) is 19.5. The van der Waals surface area contributed by atoms with E-state index in [1.807, 2.05) is 6.92 Å². The normalized spacial score (nSPS) is 14.4. The van der Waals surface area contributed by atoms with Gasteiger partial charge < -0.3 is 9.47 Å². The second-order valence-corrected chi connectivity index (χ2v) is 10.6. The summed E-state index contributed by atoms with van der Waals surface area (Å²) >= 11 is 7.54. The fourth-order valence-corrected chi connectivity index (χ4v) is 5.17. The number of carbonyl (C=O) groups excluding carboxylic acids is 3. The number of hydrogen-bond acceptors (Lipinski definition) is 6. The lowest BCUT2D eigenvalue weighted by molar-refractivity contribution is -0.122. The quantitative estimate of drug-likeness (QED) is 0.180. The molecule has 4 rings (SSSR count). The van der Waals surface area contributed by atoms with Crippen LogP contribution in [0.4, 0.5) is 9.18 Å². The number of carbonyl (C=O) groups is 3. The van der Waals surface area contributed by atoms with Crippen molar-refractivity contribution in [2.75, 3.05) is 13.2 Å². The molecule has 3 aromatic carbocycles. The molecule has 2 amide bonds. The van der Waals surface area contributed by atoms with Gasteiger partial charge in [0.2, 0.25) is 0 Å². The number of hydrogen-bond donors (Lipinski definition) is 0. The number of Topliss-reactive ketones (excluding diaryl/α,β-unsaturated/α-hetero) is 1. The number of benzene rings is 3. The van der Waals surface area contributed by atoms with E-state index in [1.165, 1.54) is 6.07 Å². The zero-order valence-corrected chi connectivity index (χ0v) is 23.5. The minimum absolute atomic E-state index is 0.00399. The van der Waals surface area contributed by atoms with Crippen LogP contribution in [-0.2, 0) is 11.4 Å². The summed E-state index contributed by atoms with van der Waals surface area (Å²) in [4.78, 5) is 39.2. The first-order chi connectivity index (χ1) is 17.8. The third-order valence-corrected chi connectivity index (χ3v) is 7.33. The SMILES string of the molecule is CCOc1cc(/C=C2\SC(=O)N(CC(=O)c3ccc(Br)cc3)C2=O)cc(Br)c1OCc1ccccc1F. The maximum atomic E-state index is 14.0. The van der Waals surface area contributed by atoms with Crippen LogP contribution in [0.15, 0.2) is 74.5 Å². The van der Waals surface area contributed by atoms with Gasteiger partial charge in [0.05, 0.1) is 22.5 Å². The molecule has 6 nitrogen and oxygen atoms in total. The molecule has 0 aromatic heterocycles. The van der Waals surface area contributed by atoms with Gasteiger partial charge in [-0.1, -0.05) is 46.3 Å². The van der Waals surface area contributed by atoms with E-state index in [2.05, 4.69) is 31.9 Å². The monoisotopic (exact) mass is 647 g/mol. The highest BCUT2D eigenvalue weighted by Gasteiger charge is 2.36. The van der Waals surface area contributed by atoms with Crippen molar-refractivity contribution < 1.29 is 28.2 Å². The van der Waals surface area contributed by atoms with Gasteiger partial charge in [0.1, 0.15) is 12.4 Å². The van der Waals surface area contributed by atoms with Gasteiger partial charge in [-0.15, -0.1) is 0 Å². The van der Waals surface area contributed by atoms with Crippen LogP contribution >= 0.6 is 43.6 Å². The summed E-state index contributed by atoms with van der Waals surface area (Å²) < 4.78 is 26.9. The first kappa shape index (κ1) is 27.1. The maximum Gasteiger partial charge on any atom is 0.293 e. The van der Waals surface area contributed by atoms with Gasteiger partial charge in [-0.25, -0.2) is 4.39 Å². The number of imide groups is 1. The smallest absolute Gasteiger partial charge is 0.293 e. The molecule has 190 valence electrons. The van der Waals surface area contributed by atoms with E-state index < -0.39 is 11.1 Å². The number of nitrogens with zero attached hydrogens (tertiary/aromatic N) is 1. The Morgan fingerprint density at radius 2 is 1.78 bits per heavy atom. The first-order valence-corrected chi connectivity index (χ1v) is 13.5. The Morgan fingerprint density at radius 1 is 1.05 bits per heavy atom. The van der Waals surface area contributed by atoms with Gasteiger partial charge in [0.15, 0.2) is 17.3 Å². The number of ketones is 1. The summed E-state index contributed by atoms with van der Waals surface area (Å²) in [7, 11) is 0. The standard InChI is InChI=1S/C27H20Br2FNO5S/c1-2-35-23-12-16(11-20(29)25(23)36-15-18-5-3-4-6-21(18)30)13-24-26(33)31(27(34)37-24)14-22(32)17-7-9-19(28)10-8-17/h3-13H,2,14-15H2,1H3/b24-13-. The molecule has 0 radical (unpaired) electrons. The molecule has 1 saturated heterocycles. The van der Waals surface area contributed by atoms with Gasteiger partial charge in [0, 0.05) is 15.6 Å². The molecule has 1 heterocycles. The summed E-state index contributed by atoms with van der Waals surface area (Å²) in [6.07, 6.45) is 1.56. The van der Waals surface area contributed by atoms with Gasteiger partial charge >= 0.3 is 0 Å². The highest BCUT2D eigenvalue weighted by molar-refractivity contribution is 9.10. The number of amides is 2. The van der Waals surface area contributed by atoms with Crippen LogP contribution in [-0.4, -0.2) is 35.0 Å². The Labute approximate surface area is 234 Å². The topological polar surface area (TPSA) is 72.9 Å². The van der Waals surface area contributed by atoms with Crippen LogP contribution in [0.25, 0.3) is 6.08 Å². The molecule has 0 bridgehead atoms. The largest absolute Gasteiger partial charge is 0.490 e. The minimum atomic E-state index is -0.547.